The number of aromatic nitrogens is 1. The lowest BCUT2D eigenvalue weighted by Gasteiger charge is -2.10. The summed E-state index contributed by atoms with van der Waals surface area (Å²) in [5, 5.41) is 6.15. The molecule has 0 radical (unpaired) electrons. The zero-order valence-electron chi connectivity index (χ0n) is 11.1. The van der Waals surface area contributed by atoms with Crippen LogP contribution in [-0.2, 0) is 0 Å². The zero-order chi connectivity index (χ0) is 14.5. The summed E-state index contributed by atoms with van der Waals surface area (Å²) in [5.41, 5.74) is 1.76. The molecule has 5 nitrogen and oxygen atoms in total. The molecule has 0 aliphatic rings. The van der Waals surface area contributed by atoms with E-state index in [1.807, 2.05) is 0 Å². The van der Waals surface area contributed by atoms with Crippen molar-refractivity contribution in [3.05, 3.63) is 47.2 Å². The number of rotatable bonds is 4. The summed E-state index contributed by atoms with van der Waals surface area (Å²) in [7, 11) is 3.28. The fraction of sp³-hybridized carbons (Fsp3) is 0.143. The van der Waals surface area contributed by atoms with Crippen LogP contribution in [-0.4, -0.2) is 25.0 Å². The van der Waals surface area contributed by atoms with Gasteiger partial charge in [0.1, 0.15) is 5.75 Å². The van der Waals surface area contributed by atoms with Gasteiger partial charge in [0.25, 0.3) is 5.91 Å². The minimum atomic E-state index is -0.260. The first-order valence-corrected chi connectivity index (χ1v) is 6.30. The molecule has 0 bridgehead atoms. The third-order valence-electron chi connectivity index (χ3n) is 2.74. The van der Waals surface area contributed by atoms with Gasteiger partial charge in [-0.05, 0) is 24.3 Å². The Labute approximate surface area is 121 Å². The van der Waals surface area contributed by atoms with Gasteiger partial charge in [0, 0.05) is 30.8 Å². The molecule has 6 heteroatoms. The van der Waals surface area contributed by atoms with E-state index in [1.165, 1.54) is 13.3 Å². The normalized spacial score (nSPS) is 9.95. The van der Waals surface area contributed by atoms with Gasteiger partial charge in [-0.1, -0.05) is 11.6 Å². The smallest absolute Gasteiger partial charge is 0.259 e. The zero-order valence-corrected chi connectivity index (χ0v) is 11.9. The van der Waals surface area contributed by atoms with E-state index in [4.69, 9.17) is 16.3 Å². The van der Waals surface area contributed by atoms with Crippen molar-refractivity contribution in [3.8, 4) is 5.75 Å². The second-order valence-corrected chi connectivity index (χ2v) is 4.38. The summed E-state index contributed by atoms with van der Waals surface area (Å²) in [5.74, 6) is 0.297. The van der Waals surface area contributed by atoms with E-state index in [-0.39, 0.29) is 5.91 Å². The average molecular weight is 292 g/mol. The van der Waals surface area contributed by atoms with Crippen LogP contribution in [0.3, 0.4) is 0 Å². The molecular formula is C14H14ClN3O2. The highest BCUT2D eigenvalue weighted by molar-refractivity contribution is 6.32. The van der Waals surface area contributed by atoms with Gasteiger partial charge in [0.15, 0.2) is 0 Å². The van der Waals surface area contributed by atoms with Crippen LogP contribution in [0, 0.1) is 0 Å². The molecule has 1 amide bonds. The second kappa shape index (κ2) is 6.25. The Morgan fingerprint density at radius 3 is 2.80 bits per heavy atom. The maximum atomic E-state index is 12.2. The summed E-state index contributed by atoms with van der Waals surface area (Å²) in [6, 6.07) is 6.78. The summed E-state index contributed by atoms with van der Waals surface area (Å²) in [4.78, 5) is 16.1. The van der Waals surface area contributed by atoms with Crippen LogP contribution in [0.4, 0.5) is 11.4 Å². The standard InChI is InChI=1S/C14H14ClN3O2/c1-16-12-5-6-17-8-10(12)14(19)18-9-3-4-13(20-2)11(15)7-9/h3-8H,1-2H3,(H,16,17)(H,18,19). The highest BCUT2D eigenvalue weighted by Gasteiger charge is 2.11. The van der Waals surface area contributed by atoms with Crippen molar-refractivity contribution in [2.45, 2.75) is 0 Å². The number of amides is 1. The number of carbonyl (C=O) groups excluding carboxylic acids is 1. The SMILES string of the molecule is CNc1ccncc1C(=O)Nc1ccc(OC)c(Cl)c1. The first-order valence-electron chi connectivity index (χ1n) is 5.92. The van der Waals surface area contributed by atoms with Crippen molar-refractivity contribution in [3.63, 3.8) is 0 Å². The predicted molar refractivity (Wildman–Crippen MR) is 79.7 cm³/mol. The number of benzene rings is 1. The fourth-order valence-electron chi connectivity index (χ4n) is 1.74. The van der Waals surface area contributed by atoms with Crippen molar-refractivity contribution in [2.24, 2.45) is 0 Å². The largest absolute Gasteiger partial charge is 0.495 e. The molecule has 0 atom stereocenters. The van der Waals surface area contributed by atoms with Crippen molar-refractivity contribution < 1.29 is 9.53 Å². The van der Waals surface area contributed by atoms with Crippen molar-refractivity contribution in [1.29, 1.82) is 0 Å². The van der Waals surface area contributed by atoms with E-state index >= 15 is 0 Å². The summed E-state index contributed by atoms with van der Waals surface area (Å²) >= 11 is 6.02. The van der Waals surface area contributed by atoms with Crippen LogP contribution < -0.4 is 15.4 Å². The minimum Gasteiger partial charge on any atom is -0.495 e. The molecule has 0 unspecified atom stereocenters. The maximum absolute atomic E-state index is 12.2. The number of methoxy groups -OCH3 is 1. The Bertz CT molecular complexity index is 632. The number of carbonyl (C=O) groups is 1. The van der Waals surface area contributed by atoms with E-state index < -0.39 is 0 Å². The number of hydrogen-bond donors (Lipinski definition) is 2. The molecular weight excluding hydrogens is 278 g/mol. The lowest BCUT2D eigenvalue weighted by atomic mass is 10.2. The van der Waals surface area contributed by atoms with Gasteiger partial charge in [-0.25, -0.2) is 0 Å². The van der Waals surface area contributed by atoms with Crippen molar-refractivity contribution in [2.75, 3.05) is 24.8 Å². The highest BCUT2D eigenvalue weighted by atomic mass is 35.5. The highest BCUT2D eigenvalue weighted by Crippen LogP contribution is 2.27. The van der Waals surface area contributed by atoms with E-state index in [1.54, 1.807) is 37.5 Å². The van der Waals surface area contributed by atoms with E-state index in [0.717, 1.165) is 0 Å². The Hall–Kier alpha value is -2.27. The number of nitrogens with one attached hydrogen (secondary N) is 2. The molecule has 0 fully saturated rings. The van der Waals surface area contributed by atoms with Gasteiger partial charge < -0.3 is 15.4 Å². The summed E-state index contributed by atoms with van der Waals surface area (Å²) in [6.07, 6.45) is 3.12. The molecule has 0 saturated carbocycles. The van der Waals surface area contributed by atoms with Gasteiger partial charge in [-0.2, -0.15) is 0 Å². The third kappa shape index (κ3) is 3.00. The molecule has 104 valence electrons. The topological polar surface area (TPSA) is 63.2 Å². The number of nitrogens with zero attached hydrogens (tertiary/aromatic N) is 1. The molecule has 1 aromatic heterocycles. The Morgan fingerprint density at radius 1 is 1.35 bits per heavy atom. The Balaban J connectivity index is 2.21. The molecule has 0 aliphatic heterocycles. The van der Waals surface area contributed by atoms with Crippen LogP contribution in [0.15, 0.2) is 36.7 Å². The number of anilines is 2. The second-order valence-electron chi connectivity index (χ2n) is 3.97. The van der Waals surface area contributed by atoms with Crippen LogP contribution in [0.2, 0.25) is 5.02 Å². The molecule has 0 saturated heterocycles. The summed E-state index contributed by atoms with van der Waals surface area (Å²) in [6.45, 7) is 0. The van der Waals surface area contributed by atoms with Gasteiger partial charge in [0.05, 0.1) is 17.7 Å². The number of hydrogen-bond acceptors (Lipinski definition) is 4. The average Bonchev–Trinajstić information content (AvgIpc) is 2.47. The summed E-state index contributed by atoms with van der Waals surface area (Å²) < 4.78 is 5.06. The van der Waals surface area contributed by atoms with Crippen molar-refractivity contribution >= 4 is 28.9 Å². The first-order chi connectivity index (χ1) is 9.65. The Kier molecular flexibility index (Phi) is 4.42. The quantitative estimate of drug-likeness (QED) is 0.909. The van der Waals surface area contributed by atoms with E-state index in [0.29, 0.717) is 27.7 Å². The minimum absolute atomic E-state index is 0.260. The van der Waals surface area contributed by atoms with Gasteiger partial charge in [0.2, 0.25) is 0 Å². The van der Waals surface area contributed by atoms with Gasteiger partial charge in [-0.15, -0.1) is 0 Å². The molecule has 2 aromatic rings. The molecule has 1 aromatic carbocycles. The van der Waals surface area contributed by atoms with Crippen LogP contribution in [0.25, 0.3) is 0 Å². The lowest BCUT2D eigenvalue weighted by Crippen LogP contribution is -2.14. The van der Waals surface area contributed by atoms with Crippen LogP contribution >= 0.6 is 11.6 Å². The van der Waals surface area contributed by atoms with Gasteiger partial charge in [-0.3, -0.25) is 9.78 Å². The number of pyridine rings is 1. The first kappa shape index (κ1) is 14.1. The molecule has 0 aliphatic carbocycles. The monoisotopic (exact) mass is 291 g/mol. The van der Waals surface area contributed by atoms with Gasteiger partial charge >= 0.3 is 0 Å². The number of ether oxygens (including phenoxy) is 1. The van der Waals surface area contributed by atoms with E-state index in [9.17, 15) is 4.79 Å². The maximum Gasteiger partial charge on any atom is 0.259 e. The molecule has 20 heavy (non-hydrogen) atoms. The predicted octanol–water partition coefficient (Wildman–Crippen LogP) is 3.04. The number of halogens is 1. The molecule has 2 rings (SSSR count). The third-order valence-corrected chi connectivity index (χ3v) is 3.04. The van der Waals surface area contributed by atoms with Crippen molar-refractivity contribution in [1.82, 2.24) is 4.98 Å². The fourth-order valence-corrected chi connectivity index (χ4v) is 1.99. The van der Waals surface area contributed by atoms with Crippen LogP contribution in [0.1, 0.15) is 10.4 Å². The molecule has 2 N–H and O–H groups in total. The van der Waals surface area contributed by atoms with E-state index in [2.05, 4.69) is 15.6 Å². The Morgan fingerprint density at radius 2 is 2.15 bits per heavy atom. The molecule has 0 spiro atoms. The molecule has 1 heterocycles. The van der Waals surface area contributed by atoms with Crippen LogP contribution in [0.5, 0.6) is 5.75 Å². The lowest BCUT2D eigenvalue weighted by molar-refractivity contribution is 0.102.